The summed E-state index contributed by atoms with van der Waals surface area (Å²) in [5.41, 5.74) is 3.64. The topological polar surface area (TPSA) is 76.6 Å². The molecule has 0 atom stereocenters. The van der Waals surface area contributed by atoms with Crippen molar-refractivity contribution in [2.45, 2.75) is 20.3 Å². The molecule has 3 aromatic rings. The first-order valence-electron chi connectivity index (χ1n) is 9.60. The van der Waals surface area contributed by atoms with Crippen LogP contribution in [0.3, 0.4) is 0 Å². The van der Waals surface area contributed by atoms with Crippen molar-refractivity contribution in [3.05, 3.63) is 86.5 Å². The Morgan fingerprint density at radius 2 is 1.90 bits per heavy atom. The first kappa shape index (κ1) is 21.0. The molecule has 1 saturated heterocycles. The summed E-state index contributed by atoms with van der Waals surface area (Å²) in [6.07, 6.45) is 2.47. The number of hydrogen-bond donors (Lipinski definition) is 0. The Bertz CT molecular complexity index is 1230. The molecule has 0 unspecified atom stereocenters. The van der Waals surface area contributed by atoms with Gasteiger partial charge in [-0.15, -0.1) is 0 Å². The average molecular weight is 451 g/mol. The molecule has 1 aliphatic rings. The van der Waals surface area contributed by atoms with E-state index in [1.54, 1.807) is 35.2 Å². The van der Waals surface area contributed by atoms with Crippen molar-refractivity contribution in [1.82, 2.24) is 0 Å². The third-order valence-corrected chi connectivity index (χ3v) is 6.28. The van der Waals surface area contributed by atoms with Gasteiger partial charge in [0.05, 0.1) is 15.5 Å². The van der Waals surface area contributed by atoms with Crippen molar-refractivity contribution >= 4 is 51.7 Å². The van der Waals surface area contributed by atoms with Gasteiger partial charge in [-0.25, -0.2) is 0 Å². The summed E-state index contributed by atoms with van der Waals surface area (Å²) in [7, 11) is 0. The predicted molar refractivity (Wildman–Crippen MR) is 127 cm³/mol. The number of non-ortho nitro benzene ring substituents is 1. The number of carbonyl (C=O) groups is 1. The van der Waals surface area contributed by atoms with Crippen LogP contribution in [0.4, 0.5) is 11.4 Å². The highest BCUT2D eigenvalue weighted by Crippen LogP contribution is 2.39. The molecule has 1 aromatic heterocycles. The molecule has 2 aromatic carbocycles. The van der Waals surface area contributed by atoms with E-state index in [2.05, 4.69) is 0 Å². The second kappa shape index (κ2) is 8.49. The Labute approximate surface area is 188 Å². The quantitative estimate of drug-likeness (QED) is 0.201. The van der Waals surface area contributed by atoms with Crippen molar-refractivity contribution in [1.29, 1.82) is 0 Å². The maximum Gasteiger partial charge on any atom is 0.270 e. The summed E-state index contributed by atoms with van der Waals surface area (Å²) in [5.74, 6) is 0.894. The molecule has 2 heterocycles. The molecule has 0 aliphatic carbocycles. The SMILES string of the molecule is CCc1cccc(C)c1N1C(=O)/C(=C/c2ccc(-c3ccc([N+](=O)[O-])cc3)o2)SC1=S. The lowest BCUT2D eigenvalue weighted by atomic mass is 10.0. The van der Waals surface area contributed by atoms with Crippen molar-refractivity contribution in [2.24, 2.45) is 0 Å². The van der Waals surface area contributed by atoms with Gasteiger partial charge in [0.2, 0.25) is 0 Å². The van der Waals surface area contributed by atoms with Crippen LogP contribution in [0, 0.1) is 17.0 Å². The third kappa shape index (κ3) is 4.04. The van der Waals surface area contributed by atoms with Crippen LogP contribution in [0.2, 0.25) is 0 Å². The fraction of sp³-hybridized carbons (Fsp3) is 0.130. The van der Waals surface area contributed by atoms with Gasteiger partial charge in [0.1, 0.15) is 11.5 Å². The average Bonchev–Trinajstić information content (AvgIpc) is 3.33. The number of carbonyl (C=O) groups excluding carboxylic acids is 1. The zero-order chi connectivity index (χ0) is 22.1. The van der Waals surface area contributed by atoms with Crippen LogP contribution in [0.1, 0.15) is 23.8 Å². The number of rotatable bonds is 5. The smallest absolute Gasteiger partial charge is 0.270 e. The number of para-hydroxylation sites is 1. The first-order chi connectivity index (χ1) is 14.9. The van der Waals surface area contributed by atoms with Crippen molar-refractivity contribution in [3.63, 3.8) is 0 Å². The zero-order valence-electron chi connectivity index (χ0n) is 16.8. The number of thiocarbonyl (C=S) groups is 1. The minimum atomic E-state index is -0.447. The maximum atomic E-state index is 13.2. The van der Waals surface area contributed by atoms with E-state index in [-0.39, 0.29) is 11.6 Å². The molecule has 6 nitrogen and oxygen atoms in total. The number of nitro groups is 1. The lowest BCUT2D eigenvalue weighted by molar-refractivity contribution is -0.384. The normalized spacial score (nSPS) is 15.2. The molecule has 1 fully saturated rings. The van der Waals surface area contributed by atoms with E-state index in [9.17, 15) is 14.9 Å². The number of aryl methyl sites for hydroxylation is 2. The van der Waals surface area contributed by atoms with Crippen LogP contribution in [0.15, 0.2) is 63.9 Å². The van der Waals surface area contributed by atoms with E-state index in [1.165, 1.54) is 23.9 Å². The minimum absolute atomic E-state index is 0.0156. The number of anilines is 1. The van der Waals surface area contributed by atoms with E-state index < -0.39 is 4.92 Å². The number of amides is 1. The van der Waals surface area contributed by atoms with Crippen LogP contribution >= 0.6 is 24.0 Å². The fourth-order valence-electron chi connectivity index (χ4n) is 3.45. The largest absolute Gasteiger partial charge is 0.457 e. The van der Waals surface area contributed by atoms with Gasteiger partial charge in [-0.05, 0) is 48.7 Å². The van der Waals surface area contributed by atoms with Crippen LogP contribution in [0.25, 0.3) is 17.4 Å². The summed E-state index contributed by atoms with van der Waals surface area (Å²) in [5, 5.41) is 10.8. The van der Waals surface area contributed by atoms with Crippen molar-refractivity contribution in [2.75, 3.05) is 4.90 Å². The van der Waals surface area contributed by atoms with Crippen LogP contribution in [-0.2, 0) is 11.2 Å². The molecule has 8 heteroatoms. The monoisotopic (exact) mass is 450 g/mol. The summed E-state index contributed by atoms with van der Waals surface area (Å²) in [4.78, 5) is 25.6. The van der Waals surface area contributed by atoms with E-state index in [0.29, 0.717) is 26.3 Å². The molecule has 0 radical (unpaired) electrons. The number of benzene rings is 2. The molecule has 4 rings (SSSR count). The van der Waals surface area contributed by atoms with Gasteiger partial charge >= 0.3 is 0 Å². The van der Waals surface area contributed by atoms with Gasteiger partial charge in [-0.3, -0.25) is 19.8 Å². The molecule has 156 valence electrons. The zero-order valence-corrected chi connectivity index (χ0v) is 18.5. The first-order valence-corrected chi connectivity index (χ1v) is 10.8. The molecular formula is C23H18N2O4S2. The second-order valence-corrected chi connectivity index (χ2v) is 8.64. The van der Waals surface area contributed by atoms with Gasteiger partial charge in [-0.1, -0.05) is 49.1 Å². The number of hydrogen-bond acceptors (Lipinski definition) is 6. The molecular weight excluding hydrogens is 432 g/mol. The summed E-state index contributed by atoms with van der Waals surface area (Å²) in [6, 6.07) is 15.6. The lowest BCUT2D eigenvalue weighted by Gasteiger charge is -2.20. The number of nitrogens with zero attached hydrogens (tertiary/aromatic N) is 2. The molecule has 0 saturated carbocycles. The Morgan fingerprint density at radius 1 is 1.16 bits per heavy atom. The third-order valence-electron chi connectivity index (χ3n) is 4.98. The standard InChI is InChI=1S/C23H18N2O4S2/c1-3-15-6-4-5-14(2)21(15)24-22(26)20(31-23(24)30)13-18-11-12-19(29-18)16-7-9-17(10-8-16)25(27)28/h4-13H,3H2,1-2H3/b20-13-. The van der Waals surface area contributed by atoms with E-state index in [4.69, 9.17) is 16.6 Å². The van der Waals surface area contributed by atoms with Gasteiger partial charge in [-0.2, -0.15) is 0 Å². The van der Waals surface area contributed by atoms with E-state index >= 15 is 0 Å². The van der Waals surface area contributed by atoms with Gasteiger partial charge in [0, 0.05) is 23.8 Å². The lowest BCUT2D eigenvalue weighted by Crippen LogP contribution is -2.29. The Morgan fingerprint density at radius 3 is 2.58 bits per heavy atom. The van der Waals surface area contributed by atoms with Crippen LogP contribution < -0.4 is 4.90 Å². The van der Waals surface area contributed by atoms with Crippen LogP contribution in [-0.4, -0.2) is 15.2 Å². The van der Waals surface area contributed by atoms with E-state index in [0.717, 1.165) is 23.2 Å². The van der Waals surface area contributed by atoms with Gasteiger partial charge in [0.15, 0.2) is 4.32 Å². The fourth-order valence-corrected chi connectivity index (χ4v) is 4.70. The number of thioether (sulfide) groups is 1. The summed E-state index contributed by atoms with van der Waals surface area (Å²) >= 11 is 6.76. The Balaban J connectivity index is 1.62. The second-order valence-electron chi connectivity index (χ2n) is 6.96. The van der Waals surface area contributed by atoms with Crippen LogP contribution in [0.5, 0.6) is 0 Å². The highest BCUT2D eigenvalue weighted by molar-refractivity contribution is 8.27. The van der Waals surface area contributed by atoms with Gasteiger partial charge in [0.25, 0.3) is 11.6 Å². The molecule has 1 amide bonds. The van der Waals surface area contributed by atoms with Crippen molar-refractivity contribution in [3.8, 4) is 11.3 Å². The van der Waals surface area contributed by atoms with Gasteiger partial charge < -0.3 is 4.42 Å². The molecule has 0 N–H and O–H groups in total. The molecule has 0 bridgehead atoms. The molecule has 31 heavy (non-hydrogen) atoms. The number of furan rings is 1. The highest BCUT2D eigenvalue weighted by Gasteiger charge is 2.35. The van der Waals surface area contributed by atoms with Crippen molar-refractivity contribution < 1.29 is 14.1 Å². The Kier molecular flexibility index (Phi) is 5.75. The summed E-state index contributed by atoms with van der Waals surface area (Å²) in [6.45, 7) is 4.02. The van der Waals surface area contributed by atoms with E-state index in [1.807, 2.05) is 32.0 Å². The minimum Gasteiger partial charge on any atom is -0.457 e. The Hall–Kier alpha value is -3.23. The number of nitro benzene ring substituents is 1. The highest BCUT2D eigenvalue weighted by atomic mass is 32.2. The predicted octanol–water partition coefficient (Wildman–Crippen LogP) is 6.13. The molecule has 0 spiro atoms. The molecule has 1 aliphatic heterocycles. The maximum absolute atomic E-state index is 13.2. The summed E-state index contributed by atoms with van der Waals surface area (Å²) < 4.78 is 6.34.